The van der Waals surface area contributed by atoms with Crippen LogP contribution in [0.4, 0.5) is 5.69 Å². The van der Waals surface area contributed by atoms with E-state index in [0.29, 0.717) is 5.16 Å². The molecule has 0 aliphatic heterocycles. The minimum atomic E-state index is -0.344. The predicted octanol–water partition coefficient (Wildman–Crippen LogP) is 3.71. The first-order chi connectivity index (χ1) is 12.5. The van der Waals surface area contributed by atoms with Crippen LogP contribution in [0.1, 0.15) is 23.6 Å². The van der Waals surface area contributed by atoms with E-state index < -0.39 is 0 Å². The van der Waals surface area contributed by atoms with Gasteiger partial charge in [-0.3, -0.25) is 4.79 Å². The van der Waals surface area contributed by atoms with Crippen molar-refractivity contribution in [1.82, 2.24) is 20.2 Å². The number of benzene rings is 2. The van der Waals surface area contributed by atoms with Crippen molar-refractivity contribution >= 4 is 23.4 Å². The number of hydrogen-bond acceptors (Lipinski definition) is 5. The van der Waals surface area contributed by atoms with Crippen molar-refractivity contribution in [1.29, 1.82) is 0 Å². The van der Waals surface area contributed by atoms with E-state index in [1.807, 2.05) is 58.0 Å². The first-order valence-corrected chi connectivity index (χ1v) is 9.23. The lowest BCUT2D eigenvalue weighted by molar-refractivity contribution is -0.115. The molecular formula is C19H21N5OS. The van der Waals surface area contributed by atoms with Gasteiger partial charge in [0.2, 0.25) is 11.1 Å². The number of carbonyl (C=O) groups excluding carboxylic acids is 1. The molecule has 3 rings (SSSR count). The number of hydrogen-bond donors (Lipinski definition) is 1. The van der Waals surface area contributed by atoms with Crippen molar-refractivity contribution in [2.45, 2.75) is 38.1 Å². The van der Waals surface area contributed by atoms with E-state index in [0.717, 1.165) is 22.5 Å². The van der Waals surface area contributed by atoms with Gasteiger partial charge in [-0.1, -0.05) is 47.7 Å². The highest BCUT2D eigenvalue weighted by Gasteiger charge is 2.20. The zero-order valence-corrected chi connectivity index (χ0v) is 16.0. The number of amides is 1. The third kappa shape index (κ3) is 3.94. The molecule has 1 aromatic heterocycles. The molecule has 0 spiro atoms. The molecule has 0 saturated carbocycles. The first-order valence-electron chi connectivity index (χ1n) is 8.35. The summed E-state index contributed by atoms with van der Waals surface area (Å²) in [6.07, 6.45) is 0. The van der Waals surface area contributed by atoms with Gasteiger partial charge >= 0.3 is 0 Å². The second-order valence-corrected chi connectivity index (χ2v) is 7.54. The first kappa shape index (κ1) is 18.1. The average Bonchev–Trinajstić information content (AvgIpc) is 3.06. The van der Waals surface area contributed by atoms with E-state index in [2.05, 4.69) is 33.0 Å². The number of tetrazole rings is 1. The van der Waals surface area contributed by atoms with Gasteiger partial charge in [-0.05, 0) is 61.4 Å². The molecule has 134 valence electrons. The minimum absolute atomic E-state index is 0.0762. The van der Waals surface area contributed by atoms with Crippen molar-refractivity contribution in [3.8, 4) is 5.69 Å². The molecule has 2 aromatic carbocycles. The maximum absolute atomic E-state index is 12.7. The number of rotatable bonds is 5. The third-order valence-electron chi connectivity index (χ3n) is 4.02. The lowest BCUT2D eigenvalue weighted by atomic mass is 10.1. The second-order valence-electron chi connectivity index (χ2n) is 6.23. The van der Waals surface area contributed by atoms with Gasteiger partial charge in [-0.15, -0.1) is 5.10 Å². The molecule has 0 unspecified atom stereocenters. The summed E-state index contributed by atoms with van der Waals surface area (Å²) < 4.78 is 1.64. The maximum Gasteiger partial charge on any atom is 0.237 e. The Morgan fingerprint density at radius 2 is 1.77 bits per heavy atom. The van der Waals surface area contributed by atoms with Gasteiger partial charge in [0.15, 0.2) is 0 Å². The smallest absolute Gasteiger partial charge is 0.237 e. The molecule has 0 radical (unpaired) electrons. The molecule has 1 N–H and O–H groups in total. The SMILES string of the molecule is Cc1cc(C)c(NC(=O)[C@H](C)Sc2nnnn2-c2ccccc2)c(C)c1. The molecule has 0 aliphatic rings. The summed E-state index contributed by atoms with van der Waals surface area (Å²) in [4.78, 5) is 12.7. The molecule has 1 atom stereocenters. The van der Waals surface area contributed by atoms with Crippen LogP contribution in [-0.4, -0.2) is 31.4 Å². The molecule has 0 aliphatic carbocycles. The largest absolute Gasteiger partial charge is 0.325 e. The van der Waals surface area contributed by atoms with E-state index in [1.165, 1.54) is 17.3 Å². The van der Waals surface area contributed by atoms with Crippen molar-refractivity contribution in [2.24, 2.45) is 0 Å². The molecule has 1 heterocycles. The molecule has 0 bridgehead atoms. The van der Waals surface area contributed by atoms with Gasteiger partial charge < -0.3 is 5.32 Å². The Bertz CT molecular complexity index is 900. The van der Waals surface area contributed by atoms with Gasteiger partial charge in [-0.2, -0.15) is 4.68 Å². The number of nitrogens with one attached hydrogen (secondary N) is 1. The van der Waals surface area contributed by atoms with Crippen LogP contribution < -0.4 is 5.32 Å². The Morgan fingerprint density at radius 3 is 2.42 bits per heavy atom. The normalized spacial score (nSPS) is 12.0. The summed E-state index contributed by atoms with van der Waals surface area (Å²) in [5.74, 6) is -0.0762. The van der Waals surface area contributed by atoms with E-state index in [4.69, 9.17) is 0 Å². The van der Waals surface area contributed by atoms with Crippen LogP contribution in [0, 0.1) is 20.8 Å². The third-order valence-corrected chi connectivity index (χ3v) is 5.05. The molecule has 7 heteroatoms. The predicted molar refractivity (Wildman–Crippen MR) is 104 cm³/mol. The van der Waals surface area contributed by atoms with Crippen molar-refractivity contribution in [3.63, 3.8) is 0 Å². The van der Waals surface area contributed by atoms with E-state index >= 15 is 0 Å². The van der Waals surface area contributed by atoms with Gasteiger partial charge in [-0.25, -0.2) is 0 Å². The van der Waals surface area contributed by atoms with E-state index in [1.54, 1.807) is 4.68 Å². The standard InChI is InChI=1S/C19H21N5OS/c1-12-10-13(2)17(14(3)11-12)20-18(25)15(4)26-19-21-22-23-24(19)16-8-6-5-7-9-16/h5-11,15H,1-4H3,(H,20,25)/t15-/m0/s1. The molecule has 26 heavy (non-hydrogen) atoms. The number of carbonyl (C=O) groups is 1. The Kier molecular flexibility index (Phi) is 5.37. The fourth-order valence-electron chi connectivity index (χ4n) is 2.80. The lowest BCUT2D eigenvalue weighted by Gasteiger charge is -2.16. The lowest BCUT2D eigenvalue weighted by Crippen LogP contribution is -2.24. The number of anilines is 1. The Labute approximate surface area is 157 Å². The highest BCUT2D eigenvalue weighted by molar-refractivity contribution is 8.00. The highest BCUT2D eigenvalue weighted by Crippen LogP contribution is 2.26. The molecule has 6 nitrogen and oxygen atoms in total. The van der Waals surface area contributed by atoms with Gasteiger partial charge in [0, 0.05) is 5.69 Å². The van der Waals surface area contributed by atoms with Crippen molar-refractivity contribution in [3.05, 3.63) is 59.2 Å². The monoisotopic (exact) mass is 367 g/mol. The average molecular weight is 367 g/mol. The molecule has 0 fully saturated rings. The summed E-state index contributed by atoms with van der Waals surface area (Å²) >= 11 is 1.33. The Balaban J connectivity index is 1.74. The Hall–Kier alpha value is -2.67. The number of aryl methyl sites for hydroxylation is 3. The topological polar surface area (TPSA) is 72.7 Å². The summed E-state index contributed by atoms with van der Waals surface area (Å²) in [5, 5.41) is 15.1. The van der Waals surface area contributed by atoms with Gasteiger partial charge in [0.1, 0.15) is 0 Å². The zero-order chi connectivity index (χ0) is 18.7. The molecule has 3 aromatic rings. The maximum atomic E-state index is 12.7. The molecular weight excluding hydrogens is 346 g/mol. The van der Waals surface area contributed by atoms with Gasteiger partial charge in [0.25, 0.3) is 0 Å². The van der Waals surface area contributed by atoms with Crippen molar-refractivity contribution in [2.75, 3.05) is 5.32 Å². The summed E-state index contributed by atoms with van der Waals surface area (Å²) in [7, 11) is 0. The van der Waals surface area contributed by atoms with Crippen LogP contribution in [-0.2, 0) is 4.79 Å². The highest BCUT2D eigenvalue weighted by atomic mass is 32.2. The summed E-state index contributed by atoms with van der Waals surface area (Å²) in [6.45, 7) is 7.91. The fraction of sp³-hybridized carbons (Fsp3) is 0.263. The van der Waals surface area contributed by atoms with E-state index in [9.17, 15) is 4.79 Å². The number of thioether (sulfide) groups is 1. The van der Waals surface area contributed by atoms with Crippen molar-refractivity contribution < 1.29 is 4.79 Å². The minimum Gasteiger partial charge on any atom is -0.325 e. The number of aromatic nitrogens is 4. The summed E-state index contributed by atoms with van der Waals surface area (Å²) in [5.41, 5.74) is 5.03. The Morgan fingerprint density at radius 1 is 1.12 bits per heavy atom. The van der Waals surface area contributed by atoms with Crippen LogP contribution in [0.2, 0.25) is 0 Å². The number of nitrogens with zero attached hydrogens (tertiary/aromatic N) is 4. The number of para-hydroxylation sites is 1. The van der Waals surface area contributed by atoms with Gasteiger partial charge in [0.05, 0.1) is 10.9 Å². The quantitative estimate of drug-likeness (QED) is 0.696. The van der Waals surface area contributed by atoms with Crippen LogP contribution in [0.5, 0.6) is 0 Å². The van der Waals surface area contributed by atoms with Crippen LogP contribution in [0.25, 0.3) is 5.69 Å². The second kappa shape index (κ2) is 7.70. The summed E-state index contributed by atoms with van der Waals surface area (Å²) in [6, 6.07) is 13.7. The van der Waals surface area contributed by atoms with E-state index in [-0.39, 0.29) is 11.2 Å². The fourth-order valence-corrected chi connectivity index (χ4v) is 3.60. The molecule has 0 saturated heterocycles. The molecule has 1 amide bonds. The van der Waals surface area contributed by atoms with Crippen LogP contribution in [0.15, 0.2) is 47.6 Å². The van der Waals surface area contributed by atoms with Crippen LogP contribution in [0.3, 0.4) is 0 Å². The zero-order valence-electron chi connectivity index (χ0n) is 15.2. The van der Waals surface area contributed by atoms with Crippen LogP contribution >= 0.6 is 11.8 Å².